The van der Waals surface area contributed by atoms with Gasteiger partial charge in [0, 0.05) is 23.0 Å². The fourth-order valence-electron chi connectivity index (χ4n) is 3.93. The Morgan fingerprint density at radius 3 is 2.50 bits per heavy atom. The number of carbonyl (C=O) groups is 1. The monoisotopic (exact) mass is 395 g/mol. The predicted octanol–water partition coefficient (Wildman–Crippen LogP) is 5.70. The van der Waals surface area contributed by atoms with Gasteiger partial charge in [-0.3, -0.25) is 4.79 Å². The van der Waals surface area contributed by atoms with Crippen LogP contribution in [-0.4, -0.2) is 20.3 Å². The zero-order chi connectivity index (χ0) is 20.7. The molecule has 2 heterocycles. The first-order chi connectivity index (χ1) is 14.6. The molecule has 0 aliphatic rings. The van der Waals surface area contributed by atoms with Crippen molar-refractivity contribution in [1.82, 2.24) is 14.5 Å². The Balaban J connectivity index is 1.78. The van der Waals surface area contributed by atoms with E-state index in [-0.39, 0.29) is 11.6 Å². The van der Waals surface area contributed by atoms with E-state index in [9.17, 15) is 9.18 Å². The summed E-state index contributed by atoms with van der Waals surface area (Å²) in [4.78, 5) is 20.7. The normalized spacial score (nSPS) is 11.1. The number of ketones is 1. The summed E-state index contributed by atoms with van der Waals surface area (Å²) in [6, 6.07) is 19.8. The molecule has 5 aromatic rings. The van der Waals surface area contributed by atoms with E-state index in [4.69, 9.17) is 0 Å². The summed E-state index contributed by atoms with van der Waals surface area (Å²) in [6.45, 7) is 1.91. The SMILES string of the molecule is Cc1c(C(=O)c2ccc(F)cc2)c(-c2cccc3ccccc23)cn1-c1cnc[nH]1. The summed E-state index contributed by atoms with van der Waals surface area (Å²) in [5.41, 5.74) is 3.63. The highest BCUT2D eigenvalue weighted by Crippen LogP contribution is 2.35. The number of benzene rings is 3. The number of halogens is 1. The van der Waals surface area contributed by atoms with E-state index in [0.717, 1.165) is 33.4 Å². The van der Waals surface area contributed by atoms with Gasteiger partial charge in [-0.15, -0.1) is 0 Å². The van der Waals surface area contributed by atoms with Crippen LogP contribution < -0.4 is 0 Å². The quantitative estimate of drug-likeness (QED) is 0.397. The molecule has 0 fully saturated rings. The molecule has 0 bridgehead atoms. The van der Waals surface area contributed by atoms with Gasteiger partial charge in [-0.05, 0) is 47.5 Å². The predicted molar refractivity (Wildman–Crippen MR) is 115 cm³/mol. The number of aromatic amines is 1. The van der Waals surface area contributed by atoms with Crippen LogP contribution in [-0.2, 0) is 0 Å². The Hall–Kier alpha value is -3.99. The number of fused-ring (bicyclic) bond motifs is 1. The molecule has 0 atom stereocenters. The highest BCUT2D eigenvalue weighted by molar-refractivity contribution is 6.15. The Morgan fingerprint density at radius 2 is 1.73 bits per heavy atom. The zero-order valence-corrected chi connectivity index (χ0v) is 16.3. The Labute approximate surface area is 172 Å². The number of H-pyrrole nitrogens is 1. The molecule has 0 unspecified atom stereocenters. The van der Waals surface area contributed by atoms with E-state index in [2.05, 4.69) is 28.2 Å². The highest BCUT2D eigenvalue weighted by atomic mass is 19.1. The van der Waals surface area contributed by atoms with Gasteiger partial charge >= 0.3 is 0 Å². The van der Waals surface area contributed by atoms with E-state index in [1.54, 1.807) is 12.5 Å². The summed E-state index contributed by atoms with van der Waals surface area (Å²) < 4.78 is 15.3. The molecule has 0 saturated heterocycles. The first-order valence-corrected chi connectivity index (χ1v) is 9.62. The van der Waals surface area contributed by atoms with Crippen LogP contribution in [0.5, 0.6) is 0 Å². The third-order valence-electron chi connectivity index (χ3n) is 5.41. The Bertz CT molecular complexity index is 1360. The molecule has 0 radical (unpaired) electrons. The van der Waals surface area contributed by atoms with Gasteiger partial charge in [0.25, 0.3) is 0 Å². The Morgan fingerprint density at radius 1 is 0.967 bits per heavy atom. The molecule has 2 aromatic heterocycles. The lowest BCUT2D eigenvalue weighted by molar-refractivity contribution is 0.103. The molecular weight excluding hydrogens is 377 g/mol. The molecule has 5 rings (SSSR count). The minimum atomic E-state index is -0.368. The van der Waals surface area contributed by atoms with Crippen LogP contribution >= 0.6 is 0 Å². The lowest BCUT2D eigenvalue weighted by Crippen LogP contribution is -2.05. The lowest BCUT2D eigenvalue weighted by Gasteiger charge is -2.09. The maximum atomic E-state index is 13.5. The van der Waals surface area contributed by atoms with Gasteiger partial charge in [-0.25, -0.2) is 9.37 Å². The van der Waals surface area contributed by atoms with E-state index in [0.29, 0.717) is 11.1 Å². The number of nitrogens with one attached hydrogen (secondary N) is 1. The van der Waals surface area contributed by atoms with Gasteiger partial charge in [-0.1, -0.05) is 42.5 Å². The molecule has 30 heavy (non-hydrogen) atoms. The van der Waals surface area contributed by atoms with E-state index < -0.39 is 0 Å². The van der Waals surface area contributed by atoms with Crippen molar-refractivity contribution >= 4 is 16.6 Å². The second-order valence-electron chi connectivity index (χ2n) is 7.17. The molecular formula is C25H18FN3O. The molecule has 0 amide bonds. The van der Waals surface area contributed by atoms with Gasteiger partial charge in [0.15, 0.2) is 5.78 Å². The molecule has 0 saturated carbocycles. The summed E-state index contributed by atoms with van der Waals surface area (Å²) >= 11 is 0. The fraction of sp³-hybridized carbons (Fsp3) is 0.0400. The zero-order valence-electron chi connectivity index (χ0n) is 16.3. The minimum Gasteiger partial charge on any atom is -0.331 e. The van der Waals surface area contributed by atoms with Gasteiger partial charge in [0.05, 0.1) is 18.1 Å². The maximum Gasteiger partial charge on any atom is 0.195 e. The molecule has 1 N–H and O–H groups in total. The number of aromatic nitrogens is 3. The van der Waals surface area contributed by atoms with Gasteiger partial charge in [-0.2, -0.15) is 0 Å². The van der Waals surface area contributed by atoms with Crippen LogP contribution in [0.3, 0.4) is 0 Å². The second kappa shape index (κ2) is 7.12. The van der Waals surface area contributed by atoms with Gasteiger partial charge in [0.1, 0.15) is 11.6 Å². The smallest absolute Gasteiger partial charge is 0.195 e. The van der Waals surface area contributed by atoms with Crippen LogP contribution in [0, 0.1) is 12.7 Å². The van der Waals surface area contributed by atoms with Crippen LogP contribution in [0.1, 0.15) is 21.6 Å². The van der Waals surface area contributed by atoms with Crippen LogP contribution in [0.2, 0.25) is 0 Å². The molecule has 146 valence electrons. The first kappa shape index (κ1) is 18.1. The second-order valence-corrected chi connectivity index (χ2v) is 7.17. The third-order valence-corrected chi connectivity index (χ3v) is 5.41. The number of rotatable bonds is 4. The maximum absolute atomic E-state index is 13.5. The molecule has 4 nitrogen and oxygen atoms in total. The van der Waals surface area contributed by atoms with E-state index in [1.807, 2.05) is 42.0 Å². The van der Waals surface area contributed by atoms with Crippen molar-refractivity contribution in [1.29, 1.82) is 0 Å². The summed E-state index contributed by atoms with van der Waals surface area (Å²) in [7, 11) is 0. The molecule has 5 heteroatoms. The van der Waals surface area contributed by atoms with Crippen molar-refractivity contribution in [3.63, 3.8) is 0 Å². The summed E-state index contributed by atoms with van der Waals surface area (Å²) in [5, 5.41) is 2.16. The van der Waals surface area contributed by atoms with Crippen LogP contribution in [0.15, 0.2) is 85.5 Å². The molecule has 3 aromatic carbocycles. The molecule has 0 aliphatic carbocycles. The number of nitrogens with zero attached hydrogens (tertiary/aromatic N) is 2. The number of hydrogen-bond acceptors (Lipinski definition) is 2. The van der Waals surface area contributed by atoms with Gasteiger partial charge in [0.2, 0.25) is 0 Å². The van der Waals surface area contributed by atoms with Crippen molar-refractivity contribution in [2.24, 2.45) is 0 Å². The number of imidazole rings is 1. The fourth-order valence-corrected chi connectivity index (χ4v) is 3.93. The van der Waals surface area contributed by atoms with Gasteiger partial charge < -0.3 is 9.55 Å². The Kier molecular flexibility index (Phi) is 4.29. The number of carbonyl (C=O) groups excluding carboxylic acids is 1. The van der Waals surface area contributed by atoms with Crippen molar-refractivity contribution in [3.05, 3.63) is 108 Å². The van der Waals surface area contributed by atoms with Crippen molar-refractivity contribution < 1.29 is 9.18 Å². The first-order valence-electron chi connectivity index (χ1n) is 9.62. The highest BCUT2D eigenvalue weighted by Gasteiger charge is 2.23. The van der Waals surface area contributed by atoms with Crippen LogP contribution in [0.25, 0.3) is 27.7 Å². The average Bonchev–Trinajstić information content (AvgIpc) is 3.41. The lowest BCUT2D eigenvalue weighted by atomic mass is 9.93. The van der Waals surface area contributed by atoms with E-state index >= 15 is 0 Å². The molecule has 0 aliphatic heterocycles. The van der Waals surface area contributed by atoms with Crippen LogP contribution in [0.4, 0.5) is 4.39 Å². The standard InChI is InChI=1S/C25H18FN3O/c1-16-24(25(30)18-9-11-19(26)12-10-18)22(14-29(16)23-13-27-15-28-23)21-8-4-6-17-5-2-3-7-20(17)21/h2-15H,1H3,(H,27,28). The largest absolute Gasteiger partial charge is 0.331 e. The van der Waals surface area contributed by atoms with Crippen molar-refractivity contribution in [2.75, 3.05) is 0 Å². The number of hydrogen-bond donors (Lipinski definition) is 1. The van der Waals surface area contributed by atoms with E-state index in [1.165, 1.54) is 24.3 Å². The third kappa shape index (κ3) is 2.92. The molecule has 0 spiro atoms. The average molecular weight is 395 g/mol. The summed E-state index contributed by atoms with van der Waals surface area (Å²) in [6.07, 6.45) is 5.28. The minimum absolute atomic E-state index is 0.145. The topological polar surface area (TPSA) is 50.7 Å². The van der Waals surface area contributed by atoms with Crippen molar-refractivity contribution in [3.8, 4) is 16.9 Å². The summed E-state index contributed by atoms with van der Waals surface area (Å²) in [5.74, 6) is 0.258. The van der Waals surface area contributed by atoms with Crippen molar-refractivity contribution in [2.45, 2.75) is 6.92 Å².